The van der Waals surface area contributed by atoms with E-state index in [9.17, 15) is 45.2 Å². The highest BCUT2D eigenvalue weighted by Gasteiger charge is 2.31. The van der Waals surface area contributed by atoms with Crippen LogP contribution in [0.5, 0.6) is 17.2 Å². The second-order valence-electron chi connectivity index (χ2n) is 7.12. The molecule has 17 heteroatoms. The molecule has 3 rings (SSSR count). The van der Waals surface area contributed by atoms with E-state index in [1.54, 1.807) is 28.7 Å². The van der Waals surface area contributed by atoms with Crippen molar-refractivity contribution in [1.29, 1.82) is 0 Å². The van der Waals surface area contributed by atoms with E-state index < -0.39 is 56.0 Å². The summed E-state index contributed by atoms with van der Waals surface area (Å²) in [5.74, 6) is -14.1. The van der Waals surface area contributed by atoms with Crippen LogP contribution in [-0.2, 0) is 14.9 Å². The van der Waals surface area contributed by atoms with Crippen molar-refractivity contribution in [2.45, 2.75) is 4.90 Å². The number of hydrogen-bond donors (Lipinski definition) is 0. The summed E-state index contributed by atoms with van der Waals surface area (Å²) < 4.78 is 105. The van der Waals surface area contributed by atoms with Gasteiger partial charge in [0.25, 0.3) is 0 Å². The lowest BCUT2D eigenvalue weighted by Gasteiger charge is -2.17. The Morgan fingerprint density at radius 3 is 1.95 bits per heavy atom. The number of rotatable bonds is 8. The Morgan fingerprint density at radius 1 is 0.846 bits per heavy atom. The normalized spacial score (nSPS) is 11.3. The van der Waals surface area contributed by atoms with Gasteiger partial charge in [-0.1, -0.05) is 5.75 Å². The third kappa shape index (κ3) is 7.03. The third-order valence-electron chi connectivity index (χ3n) is 4.63. The molecule has 0 saturated heterocycles. The first-order valence-corrected chi connectivity index (χ1v) is 14.6. The van der Waals surface area contributed by atoms with Crippen LogP contribution >= 0.6 is 67.8 Å². The number of esters is 2. The average molecular weight is 906 g/mol. The average Bonchev–Trinajstić information content (AvgIpc) is 2.86. The largest absolute Gasteiger partial charge is 0.871 e. The zero-order chi connectivity index (χ0) is 29.2. The molecule has 0 bridgehead atoms. The van der Waals surface area contributed by atoms with Gasteiger partial charge in [-0.25, -0.2) is 26.8 Å². The van der Waals surface area contributed by atoms with Gasteiger partial charge in [0.15, 0.2) is 11.6 Å². The van der Waals surface area contributed by atoms with Crippen molar-refractivity contribution in [2.24, 2.45) is 0 Å². The molecule has 0 unspecified atom stereocenters. The number of carbonyl (C=O) groups is 2. The minimum absolute atomic E-state index is 0.126. The molecule has 0 aliphatic carbocycles. The molecule has 0 amide bonds. The maximum absolute atomic E-state index is 14.1. The van der Waals surface area contributed by atoms with Crippen LogP contribution in [0.3, 0.4) is 0 Å². The van der Waals surface area contributed by atoms with Crippen molar-refractivity contribution >= 4 is 89.8 Å². The molecule has 3 aromatic rings. The van der Waals surface area contributed by atoms with E-state index in [-0.39, 0.29) is 39.4 Å². The molecule has 0 aliphatic rings. The van der Waals surface area contributed by atoms with Gasteiger partial charge in [0.1, 0.15) is 34.0 Å². The molecule has 9 nitrogen and oxygen atoms in total. The Balaban J connectivity index is 1.62. The fourth-order valence-electron chi connectivity index (χ4n) is 2.86. The topological polar surface area (TPSA) is 142 Å². The summed E-state index contributed by atoms with van der Waals surface area (Å²) in [5, 5.41) is 12.1. The Hall–Kier alpha value is -1.98. The van der Waals surface area contributed by atoms with E-state index in [2.05, 4.69) is 4.74 Å². The highest BCUT2D eigenvalue weighted by molar-refractivity contribution is 14.1. The van der Waals surface area contributed by atoms with Crippen LogP contribution in [0.1, 0.15) is 20.7 Å². The number of halogens is 7. The number of hydrogen-bond acceptors (Lipinski definition) is 9. The summed E-state index contributed by atoms with van der Waals surface area (Å²) in [6, 6.07) is 6.11. The Kier molecular flexibility index (Phi) is 10.3. The van der Waals surface area contributed by atoms with E-state index in [0.717, 1.165) is 12.1 Å². The molecule has 0 N–H and O–H groups in total. The molecule has 0 heterocycles. The highest BCUT2D eigenvalue weighted by atomic mass is 127. The predicted molar refractivity (Wildman–Crippen MR) is 145 cm³/mol. The van der Waals surface area contributed by atoms with E-state index >= 15 is 0 Å². The summed E-state index contributed by atoms with van der Waals surface area (Å²) in [7, 11) is -5.92. The van der Waals surface area contributed by atoms with Gasteiger partial charge in [-0.15, -0.1) is 0 Å². The quantitative estimate of drug-likeness (QED) is 0.0609. The van der Waals surface area contributed by atoms with Gasteiger partial charge in [0.2, 0.25) is 17.4 Å². The van der Waals surface area contributed by atoms with Crippen molar-refractivity contribution in [3.63, 3.8) is 0 Å². The van der Waals surface area contributed by atoms with E-state index in [0.29, 0.717) is 7.14 Å². The van der Waals surface area contributed by atoms with E-state index in [1.807, 2.05) is 45.2 Å². The smallest absolute Gasteiger partial charge is 0.343 e. The second-order valence-corrected chi connectivity index (χ2v) is 11.8. The molecule has 0 atom stereocenters. The molecule has 0 aromatic heterocycles. The zero-order valence-electron chi connectivity index (χ0n) is 18.5. The van der Waals surface area contributed by atoms with Gasteiger partial charge >= 0.3 is 11.9 Å². The van der Waals surface area contributed by atoms with Crippen LogP contribution in [-0.4, -0.2) is 38.1 Å². The Morgan fingerprint density at radius 2 is 1.41 bits per heavy atom. The van der Waals surface area contributed by atoms with Gasteiger partial charge in [-0.3, -0.25) is 0 Å². The lowest BCUT2D eigenvalue weighted by molar-refractivity contribution is -0.271. The fraction of sp³-hybridized carbons (Fsp3) is 0.0909. The lowest BCUT2D eigenvalue weighted by atomic mass is 10.2. The molecule has 0 radical (unpaired) electrons. The van der Waals surface area contributed by atoms with Crippen molar-refractivity contribution in [2.75, 3.05) is 13.2 Å². The van der Waals surface area contributed by atoms with Crippen LogP contribution in [0.25, 0.3) is 0 Å². The summed E-state index contributed by atoms with van der Waals surface area (Å²) in [6.45, 7) is -0.346. The second kappa shape index (κ2) is 12.7. The zero-order valence-corrected chi connectivity index (χ0v) is 25.8. The monoisotopic (exact) mass is 906 g/mol. The predicted octanol–water partition coefficient (Wildman–Crippen LogP) is 4.49. The molecule has 3 aromatic carbocycles. The first-order chi connectivity index (χ1) is 18.1. The number of ether oxygens (including phenoxy) is 3. The number of benzene rings is 3. The standard InChI is InChI=1S/C22H11F4I3O9S/c23-13-15(25)20(39(33,34)35)16(26)14(24)19(13)38-21(31)8-1-3-9(4-2-8)36-5-6-37-22(32)12-10(27)7-11(28)18(30)17(12)29/h1-4,7,30H,5-6H2,(H,33,34,35)/p-2. The van der Waals surface area contributed by atoms with E-state index in [1.165, 1.54) is 12.1 Å². The third-order valence-corrected chi connectivity index (χ3v) is 8.17. The van der Waals surface area contributed by atoms with Gasteiger partial charge in [0, 0.05) is 10.7 Å². The summed E-state index contributed by atoms with van der Waals surface area (Å²) in [5.41, 5.74) is -0.230. The van der Waals surface area contributed by atoms with Crippen molar-refractivity contribution in [1.82, 2.24) is 0 Å². The van der Waals surface area contributed by atoms with Crippen molar-refractivity contribution in [3.05, 3.63) is 75.4 Å². The van der Waals surface area contributed by atoms with Gasteiger partial charge in [-0.2, -0.15) is 8.78 Å². The Bertz CT molecular complexity index is 1550. The Labute approximate surface area is 258 Å². The van der Waals surface area contributed by atoms with Crippen molar-refractivity contribution < 1.29 is 59.4 Å². The molecule has 0 aliphatic heterocycles. The fourth-order valence-corrected chi connectivity index (χ4v) is 7.29. The van der Waals surface area contributed by atoms with Crippen LogP contribution in [0.2, 0.25) is 0 Å². The van der Waals surface area contributed by atoms with Gasteiger partial charge in [-0.05, 0) is 98.1 Å². The molecule has 208 valence electrons. The molecular formula is C22H9F4I3O9S-2. The molecular weight excluding hydrogens is 897 g/mol. The maximum Gasteiger partial charge on any atom is 0.343 e. The summed E-state index contributed by atoms with van der Waals surface area (Å²) in [4.78, 5) is 22.2. The lowest BCUT2D eigenvalue weighted by Crippen LogP contribution is -2.16. The highest BCUT2D eigenvalue weighted by Crippen LogP contribution is 2.33. The van der Waals surface area contributed by atoms with Crippen LogP contribution < -0.4 is 14.6 Å². The summed E-state index contributed by atoms with van der Waals surface area (Å²) in [6.07, 6.45) is 0. The molecule has 39 heavy (non-hydrogen) atoms. The number of carbonyl (C=O) groups excluding carboxylic acids is 2. The van der Waals surface area contributed by atoms with Crippen LogP contribution in [0.15, 0.2) is 35.2 Å². The van der Waals surface area contributed by atoms with Gasteiger partial charge in [0.05, 0.1) is 11.1 Å². The first-order valence-electron chi connectivity index (χ1n) is 9.93. The summed E-state index contributed by atoms with van der Waals surface area (Å²) >= 11 is 5.53. The maximum atomic E-state index is 14.1. The van der Waals surface area contributed by atoms with Crippen molar-refractivity contribution in [3.8, 4) is 17.2 Å². The first kappa shape index (κ1) is 31.5. The van der Waals surface area contributed by atoms with Gasteiger partial charge < -0.3 is 23.9 Å². The van der Waals surface area contributed by atoms with Crippen LogP contribution in [0, 0.1) is 34.0 Å². The van der Waals surface area contributed by atoms with E-state index in [4.69, 9.17) is 9.47 Å². The molecule has 0 spiro atoms. The van der Waals surface area contributed by atoms with Crippen LogP contribution in [0.4, 0.5) is 17.6 Å². The molecule has 0 saturated carbocycles. The minimum Gasteiger partial charge on any atom is -0.871 e. The molecule has 0 fully saturated rings. The SMILES string of the molecule is O=C(Oc1c(F)c(F)c(S(=O)(=O)[O-])c(F)c1F)c1ccc(OCCOC(=O)c2c(I)cc(I)c([O-])c2I)cc1. The minimum atomic E-state index is -5.92.